The summed E-state index contributed by atoms with van der Waals surface area (Å²) in [5, 5.41) is 28.7. The van der Waals surface area contributed by atoms with E-state index in [0.717, 1.165) is 0 Å². The summed E-state index contributed by atoms with van der Waals surface area (Å²) in [6.07, 6.45) is -0.560. The van der Waals surface area contributed by atoms with Crippen LogP contribution in [0, 0.1) is 12.8 Å². The molecule has 2 rings (SSSR count). The zero-order chi connectivity index (χ0) is 13.4. The number of aliphatic hydroxyl groups excluding tert-OH is 3. The molecule has 7 heteroatoms. The van der Waals surface area contributed by atoms with Gasteiger partial charge in [-0.15, -0.1) is 0 Å². The van der Waals surface area contributed by atoms with E-state index in [1.165, 1.54) is 10.8 Å². The minimum absolute atomic E-state index is 0.258. The van der Waals surface area contributed by atoms with E-state index in [1.807, 2.05) is 0 Å². The van der Waals surface area contributed by atoms with Gasteiger partial charge < -0.3 is 15.3 Å². The second kappa shape index (κ2) is 4.68. The maximum absolute atomic E-state index is 11.7. The Balaban J connectivity index is 2.42. The lowest BCUT2D eigenvalue weighted by molar-refractivity contribution is -0.00457. The van der Waals surface area contributed by atoms with Crippen molar-refractivity contribution < 1.29 is 15.3 Å². The van der Waals surface area contributed by atoms with Gasteiger partial charge in [0.15, 0.2) is 0 Å². The Labute approximate surface area is 102 Å². The van der Waals surface area contributed by atoms with Gasteiger partial charge in [-0.25, -0.2) is 4.79 Å². The van der Waals surface area contributed by atoms with Crippen molar-refractivity contribution in [2.24, 2.45) is 5.92 Å². The van der Waals surface area contributed by atoms with Crippen LogP contribution in [0.5, 0.6) is 0 Å². The number of H-pyrrole nitrogens is 1. The molecule has 1 aliphatic rings. The molecule has 1 heterocycles. The fraction of sp³-hybridized carbons (Fsp3) is 0.636. The van der Waals surface area contributed by atoms with Crippen LogP contribution in [0.3, 0.4) is 0 Å². The van der Waals surface area contributed by atoms with Crippen molar-refractivity contribution in [3.05, 3.63) is 32.6 Å². The molecule has 1 aromatic heterocycles. The lowest BCUT2D eigenvalue weighted by Crippen LogP contribution is -2.38. The highest BCUT2D eigenvalue weighted by atomic mass is 16.3. The highest BCUT2D eigenvalue weighted by Crippen LogP contribution is 2.34. The second-order valence-electron chi connectivity index (χ2n) is 4.71. The molecule has 100 valence electrons. The third kappa shape index (κ3) is 2.00. The molecule has 1 saturated carbocycles. The van der Waals surface area contributed by atoms with Crippen molar-refractivity contribution in [1.82, 2.24) is 9.55 Å². The molecule has 0 radical (unpaired) electrons. The monoisotopic (exact) mass is 256 g/mol. The summed E-state index contributed by atoms with van der Waals surface area (Å²) in [5.74, 6) is -0.468. The van der Waals surface area contributed by atoms with Gasteiger partial charge >= 0.3 is 5.69 Å². The first-order valence-corrected chi connectivity index (χ1v) is 5.74. The molecular formula is C11H16N2O5. The number of aromatic nitrogens is 2. The topological polar surface area (TPSA) is 116 Å². The number of rotatable bonds is 2. The fourth-order valence-corrected chi connectivity index (χ4v) is 2.39. The van der Waals surface area contributed by atoms with Crippen molar-refractivity contribution in [2.45, 2.75) is 31.6 Å². The number of nitrogens with one attached hydrogen (secondary N) is 1. The first-order chi connectivity index (χ1) is 8.45. The van der Waals surface area contributed by atoms with E-state index in [1.54, 1.807) is 6.92 Å². The normalized spacial score (nSPS) is 31.8. The van der Waals surface area contributed by atoms with Crippen LogP contribution in [0.25, 0.3) is 0 Å². The molecule has 0 aliphatic heterocycles. The van der Waals surface area contributed by atoms with Crippen molar-refractivity contribution >= 4 is 0 Å². The highest BCUT2D eigenvalue weighted by molar-refractivity contribution is 5.04. The van der Waals surface area contributed by atoms with Crippen molar-refractivity contribution in [1.29, 1.82) is 0 Å². The third-order valence-corrected chi connectivity index (χ3v) is 3.51. The smallest absolute Gasteiger partial charge is 0.328 e. The molecule has 1 aliphatic carbocycles. The Morgan fingerprint density at radius 3 is 2.61 bits per heavy atom. The van der Waals surface area contributed by atoms with E-state index in [-0.39, 0.29) is 13.0 Å². The van der Waals surface area contributed by atoms with E-state index in [9.17, 15) is 19.8 Å². The zero-order valence-corrected chi connectivity index (χ0v) is 9.91. The van der Waals surface area contributed by atoms with Crippen LogP contribution in [0.2, 0.25) is 0 Å². The maximum atomic E-state index is 11.7. The van der Waals surface area contributed by atoms with Crippen LogP contribution in [-0.4, -0.2) is 43.7 Å². The summed E-state index contributed by atoms with van der Waals surface area (Å²) in [4.78, 5) is 25.1. The third-order valence-electron chi connectivity index (χ3n) is 3.51. The second-order valence-corrected chi connectivity index (χ2v) is 4.71. The summed E-state index contributed by atoms with van der Waals surface area (Å²) in [6, 6.07) is -0.639. The lowest BCUT2D eigenvalue weighted by atomic mass is 10.1. The Bertz CT molecular complexity index is 549. The largest absolute Gasteiger partial charge is 0.396 e. The number of aliphatic hydroxyl groups is 3. The summed E-state index contributed by atoms with van der Waals surface area (Å²) in [6.45, 7) is 1.29. The standard InChI is InChI=1S/C11H16N2O5/c1-5-3-13(11(18)12-10(5)17)7-2-6(4-14)8(15)9(7)16/h3,6-9,14-16H,2,4H2,1H3,(H,12,17,18)/t6-,7-,8?,9+/m1/s1. The SMILES string of the molecule is Cc1cn([C@@H]2C[C@H](CO)C(O)[C@H]2O)c(=O)[nH]c1=O. The van der Waals surface area contributed by atoms with Crippen molar-refractivity contribution in [2.75, 3.05) is 6.61 Å². The number of hydrogen-bond donors (Lipinski definition) is 4. The van der Waals surface area contributed by atoms with Gasteiger partial charge in [0.05, 0.1) is 12.1 Å². The Morgan fingerprint density at radius 2 is 2.06 bits per heavy atom. The maximum Gasteiger partial charge on any atom is 0.328 e. The molecule has 1 fully saturated rings. The molecule has 18 heavy (non-hydrogen) atoms. The summed E-state index contributed by atoms with van der Waals surface area (Å²) < 4.78 is 1.21. The van der Waals surface area contributed by atoms with Gasteiger partial charge in [-0.3, -0.25) is 14.3 Å². The van der Waals surface area contributed by atoms with E-state index in [0.29, 0.717) is 5.56 Å². The Hall–Kier alpha value is -1.44. The number of aryl methyl sites for hydroxylation is 1. The molecule has 1 aromatic rings. The molecule has 0 saturated heterocycles. The quantitative estimate of drug-likeness (QED) is 0.494. The van der Waals surface area contributed by atoms with E-state index < -0.39 is 35.4 Å². The summed E-state index contributed by atoms with van der Waals surface area (Å²) in [7, 11) is 0. The molecule has 4 atom stereocenters. The fourth-order valence-electron chi connectivity index (χ4n) is 2.39. The van der Waals surface area contributed by atoms with Crippen LogP contribution in [0.15, 0.2) is 15.8 Å². The number of nitrogens with zero attached hydrogens (tertiary/aromatic N) is 1. The molecule has 0 amide bonds. The van der Waals surface area contributed by atoms with Gasteiger partial charge in [-0.05, 0) is 13.3 Å². The van der Waals surface area contributed by atoms with Gasteiger partial charge in [0.25, 0.3) is 5.56 Å². The molecule has 4 N–H and O–H groups in total. The average Bonchev–Trinajstić information content (AvgIpc) is 2.61. The Morgan fingerprint density at radius 1 is 1.39 bits per heavy atom. The van der Waals surface area contributed by atoms with Gasteiger partial charge in [-0.2, -0.15) is 0 Å². The van der Waals surface area contributed by atoms with Crippen molar-refractivity contribution in [3.63, 3.8) is 0 Å². The van der Waals surface area contributed by atoms with Crippen LogP contribution in [-0.2, 0) is 0 Å². The molecule has 0 spiro atoms. The predicted octanol–water partition coefficient (Wildman–Crippen LogP) is -1.88. The number of hydrogen-bond acceptors (Lipinski definition) is 5. The first kappa shape index (κ1) is 13.0. The Kier molecular flexibility index (Phi) is 3.38. The average molecular weight is 256 g/mol. The number of aromatic amines is 1. The van der Waals surface area contributed by atoms with Crippen LogP contribution < -0.4 is 11.2 Å². The minimum atomic E-state index is -1.13. The van der Waals surface area contributed by atoms with Crippen LogP contribution >= 0.6 is 0 Å². The molecular weight excluding hydrogens is 240 g/mol. The summed E-state index contributed by atoms with van der Waals surface area (Å²) in [5.41, 5.74) is -0.743. The summed E-state index contributed by atoms with van der Waals surface area (Å²) >= 11 is 0. The van der Waals surface area contributed by atoms with Crippen molar-refractivity contribution in [3.8, 4) is 0 Å². The predicted molar refractivity (Wildman–Crippen MR) is 62.3 cm³/mol. The zero-order valence-electron chi connectivity index (χ0n) is 9.91. The highest BCUT2D eigenvalue weighted by Gasteiger charge is 2.42. The van der Waals surface area contributed by atoms with Gasteiger partial charge in [0, 0.05) is 24.3 Å². The van der Waals surface area contributed by atoms with E-state index in [4.69, 9.17) is 5.11 Å². The first-order valence-electron chi connectivity index (χ1n) is 5.74. The van der Waals surface area contributed by atoms with Gasteiger partial charge in [0.1, 0.15) is 6.10 Å². The molecule has 7 nitrogen and oxygen atoms in total. The van der Waals surface area contributed by atoms with Crippen LogP contribution in [0.4, 0.5) is 0 Å². The molecule has 0 bridgehead atoms. The molecule has 0 aromatic carbocycles. The van der Waals surface area contributed by atoms with Gasteiger partial charge in [0.2, 0.25) is 0 Å². The van der Waals surface area contributed by atoms with Crippen LogP contribution in [0.1, 0.15) is 18.0 Å². The molecule has 1 unspecified atom stereocenters. The minimum Gasteiger partial charge on any atom is -0.396 e. The van der Waals surface area contributed by atoms with Gasteiger partial charge in [-0.1, -0.05) is 0 Å². The lowest BCUT2D eigenvalue weighted by Gasteiger charge is -2.18. The van der Waals surface area contributed by atoms with E-state index in [2.05, 4.69) is 4.98 Å². The van der Waals surface area contributed by atoms with E-state index >= 15 is 0 Å².